The van der Waals surface area contributed by atoms with Gasteiger partial charge in [-0.25, -0.2) is 0 Å². The minimum atomic E-state index is 0.163. The molecule has 0 aliphatic carbocycles. The lowest BCUT2D eigenvalue weighted by Gasteiger charge is -2.56. The summed E-state index contributed by atoms with van der Waals surface area (Å²) in [5, 5.41) is 0. The Morgan fingerprint density at radius 1 is 1.00 bits per heavy atom. The number of likely N-dealkylation sites (N-methyl/N-ethyl adjacent to an activating group) is 1. The van der Waals surface area contributed by atoms with Crippen LogP contribution in [0, 0.1) is 0 Å². The van der Waals surface area contributed by atoms with E-state index in [4.69, 9.17) is 9.47 Å². The smallest absolute Gasteiger partial charge is 0.127 e. The van der Waals surface area contributed by atoms with Crippen LogP contribution in [0.5, 0.6) is 11.5 Å². The van der Waals surface area contributed by atoms with Gasteiger partial charge in [0.25, 0.3) is 0 Å². The molecule has 4 heteroatoms. The highest BCUT2D eigenvalue weighted by Crippen LogP contribution is 2.34. The molecule has 1 aromatic rings. The number of rotatable bonds is 5. The molecule has 130 valence electrons. The largest absolute Gasteiger partial charge is 0.497 e. The maximum atomic E-state index is 5.56. The first-order valence-corrected chi connectivity index (χ1v) is 8.44. The van der Waals surface area contributed by atoms with E-state index in [0.717, 1.165) is 37.7 Å². The highest BCUT2D eigenvalue weighted by Gasteiger charge is 2.43. The summed E-state index contributed by atoms with van der Waals surface area (Å²) in [5.74, 6) is 1.74. The van der Waals surface area contributed by atoms with E-state index in [1.165, 1.54) is 5.56 Å². The molecule has 1 heterocycles. The van der Waals surface area contributed by atoms with E-state index in [9.17, 15) is 0 Å². The molecule has 1 saturated heterocycles. The van der Waals surface area contributed by atoms with Gasteiger partial charge in [0.05, 0.1) is 14.2 Å². The minimum absolute atomic E-state index is 0.163. The molecule has 1 aliphatic heterocycles. The summed E-state index contributed by atoms with van der Waals surface area (Å²) >= 11 is 0. The van der Waals surface area contributed by atoms with Gasteiger partial charge < -0.3 is 9.47 Å². The van der Waals surface area contributed by atoms with Gasteiger partial charge in [-0.05, 0) is 40.3 Å². The van der Waals surface area contributed by atoms with Gasteiger partial charge in [0.1, 0.15) is 11.5 Å². The topological polar surface area (TPSA) is 24.9 Å². The Bertz CT molecular complexity index is 522. The molecule has 0 atom stereocenters. The normalized spacial score (nSPS) is 21.2. The first-order valence-electron chi connectivity index (χ1n) is 8.44. The Balaban J connectivity index is 2.21. The molecular weight excluding hydrogens is 288 g/mol. The molecule has 1 aliphatic rings. The fourth-order valence-corrected chi connectivity index (χ4v) is 4.33. The number of methoxy groups -OCH3 is 2. The second kappa shape index (κ2) is 6.70. The van der Waals surface area contributed by atoms with Crippen molar-refractivity contribution in [2.75, 3.05) is 33.9 Å². The van der Waals surface area contributed by atoms with Crippen molar-refractivity contribution in [3.05, 3.63) is 23.8 Å². The second-order valence-corrected chi connectivity index (χ2v) is 7.69. The van der Waals surface area contributed by atoms with Gasteiger partial charge in [0, 0.05) is 42.3 Å². The number of piperazine rings is 1. The van der Waals surface area contributed by atoms with Crippen LogP contribution >= 0.6 is 0 Å². The van der Waals surface area contributed by atoms with Crippen LogP contribution in [0.4, 0.5) is 0 Å². The average molecular weight is 320 g/mol. The average Bonchev–Trinajstić information content (AvgIpc) is 2.45. The van der Waals surface area contributed by atoms with Crippen LogP contribution in [0.15, 0.2) is 18.2 Å². The summed E-state index contributed by atoms with van der Waals surface area (Å²) in [6, 6.07) is 6.09. The zero-order chi connectivity index (χ0) is 17.3. The van der Waals surface area contributed by atoms with Crippen molar-refractivity contribution >= 4 is 0 Å². The number of nitrogens with zero attached hydrogens (tertiary/aromatic N) is 2. The molecule has 23 heavy (non-hydrogen) atoms. The summed E-state index contributed by atoms with van der Waals surface area (Å²) in [6.07, 6.45) is 0. The Kier molecular flexibility index (Phi) is 5.27. The van der Waals surface area contributed by atoms with E-state index in [2.05, 4.69) is 50.5 Å². The third-order valence-electron chi connectivity index (χ3n) is 4.89. The maximum Gasteiger partial charge on any atom is 0.127 e. The van der Waals surface area contributed by atoms with Crippen LogP contribution in [0.3, 0.4) is 0 Å². The first kappa shape index (κ1) is 18.1. The quantitative estimate of drug-likeness (QED) is 0.830. The summed E-state index contributed by atoms with van der Waals surface area (Å²) in [7, 11) is 3.41. The molecule has 1 fully saturated rings. The first-order chi connectivity index (χ1) is 10.7. The maximum absolute atomic E-state index is 5.56. The zero-order valence-corrected chi connectivity index (χ0v) is 15.8. The molecule has 0 saturated carbocycles. The number of benzene rings is 1. The van der Waals surface area contributed by atoms with E-state index >= 15 is 0 Å². The zero-order valence-electron chi connectivity index (χ0n) is 15.8. The lowest BCUT2D eigenvalue weighted by atomic mass is 9.87. The minimum Gasteiger partial charge on any atom is -0.497 e. The van der Waals surface area contributed by atoms with E-state index in [1.807, 2.05) is 12.1 Å². The van der Waals surface area contributed by atoms with Crippen LogP contribution in [-0.4, -0.2) is 54.7 Å². The van der Waals surface area contributed by atoms with Gasteiger partial charge in [0.15, 0.2) is 0 Å². The molecule has 0 bridgehead atoms. The fraction of sp³-hybridized carbons (Fsp3) is 0.684. The summed E-state index contributed by atoms with van der Waals surface area (Å²) in [4.78, 5) is 5.15. The Labute approximate surface area is 141 Å². The van der Waals surface area contributed by atoms with E-state index < -0.39 is 0 Å². The lowest BCUT2D eigenvalue weighted by Crippen LogP contribution is -2.68. The van der Waals surface area contributed by atoms with Crippen LogP contribution in [0.1, 0.15) is 40.2 Å². The molecule has 0 amide bonds. The van der Waals surface area contributed by atoms with Crippen molar-refractivity contribution in [3.8, 4) is 11.5 Å². The van der Waals surface area contributed by atoms with Crippen LogP contribution in [-0.2, 0) is 6.54 Å². The Hall–Kier alpha value is -1.26. The van der Waals surface area contributed by atoms with Gasteiger partial charge in [0.2, 0.25) is 0 Å². The Morgan fingerprint density at radius 2 is 1.61 bits per heavy atom. The predicted molar refractivity (Wildman–Crippen MR) is 95.4 cm³/mol. The third kappa shape index (κ3) is 3.81. The highest BCUT2D eigenvalue weighted by atomic mass is 16.5. The number of ether oxygens (including phenoxy) is 2. The summed E-state index contributed by atoms with van der Waals surface area (Å²) in [5.41, 5.74) is 1.54. The highest BCUT2D eigenvalue weighted by molar-refractivity contribution is 5.40. The second-order valence-electron chi connectivity index (χ2n) is 7.69. The molecule has 0 spiro atoms. The predicted octanol–water partition coefficient (Wildman–Crippen LogP) is 3.40. The van der Waals surface area contributed by atoms with Crippen LogP contribution in [0.2, 0.25) is 0 Å². The number of hydrogen-bond acceptors (Lipinski definition) is 4. The van der Waals surface area contributed by atoms with Gasteiger partial charge in [-0.3, -0.25) is 9.80 Å². The molecule has 4 nitrogen and oxygen atoms in total. The number of hydrogen-bond donors (Lipinski definition) is 0. The van der Waals surface area contributed by atoms with Gasteiger partial charge in [-0.2, -0.15) is 0 Å². The molecule has 0 radical (unpaired) electrons. The SMILES string of the molecule is CCN1C(C)(C)CN(Cc2ccc(OC)cc2OC)CC1(C)C. The molecule has 0 N–H and O–H groups in total. The van der Waals surface area contributed by atoms with E-state index in [-0.39, 0.29) is 11.1 Å². The van der Waals surface area contributed by atoms with E-state index in [0.29, 0.717) is 0 Å². The van der Waals surface area contributed by atoms with Crippen molar-refractivity contribution in [2.45, 2.75) is 52.2 Å². The van der Waals surface area contributed by atoms with Crippen LogP contribution < -0.4 is 9.47 Å². The van der Waals surface area contributed by atoms with Crippen molar-refractivity contribution < 1.29 is 9.47 Å². The molecule has 2 rings (SSSR count). The van der Waals surface area contributed by atoms with Crippen molar-refractivity contribution in [1.29, 1.82) is 0 Å². The fourth-order valence-electron chi connectivity index (χ4n) is 4.33. The standard InChI is InChI=1S/C19H32N2O2/c1-8-21-18(2,3)13-20(14-19(21,4)5)12-15-9-10-16(22-6)11-17(15)23-7/h9-11H,8,12-14H2,1-7H3. The van der Waals surface area contributed by atoms with Crippen molar-refractivity contribution in [3.63, 3.8) is 0 Å². The van der Waals surface area contributed by atoms with E-state index in [1.54, 1.807) is 14.2 Å². The van der Waals surface area contributed by atoms with Gasteiger partial charge >= 0.3 is 0 Å². The lowest BCUT2D eigenvalue weighted by molar-refractivity contribution is -0.0679. The summed E-state index contributed by atoms with van der Waals surface area (Å²) in [6.45, 7) is 15.7. The van der Waals surface area contributed by atoms with Gasteiger partial charge in [-0.1, -0.05) is 13.0 Å². The monoisotopic (exact) mass is 320 g/mol. The van der Waals surface area contributed by atoms with Crippen LogP contribution in [0.25, 0.3) is 0 Å². The van der Waals surface area contributed by atoms with Crippen molar-refractivity contribution in [2.24, 2.45) is 0 Å². The summed E-state index contributed by atoms with van der Waals surface area (Å²) < 4.78 is 10.9. The van der Waals surface area contributed by atoms with Crippen molar-refractivity contribution in [1.82, 2.24) is 9.80 Å². The molecular formula is C19H32N2O2. The molecule has 1 aromatic carbocycles. The van der Waals surface area contributed by atoms with Gasteiger partial charge in [-0.15, -0.1) is 0 Å². The third-order valence-corrected chi connectivity index (χ3v) is 4.89. The molecule has 0 unspecified atom stereocenters. The Morgan fingerprint density at radius 3 is 2.09 bits per heavy atom. The molecule has 0 aromatic heterocycles.